The number of rotatable bonds is 3. The normalized spacial score (nSPS) is 17.9. The molecule has 0 N–H and O–H groups in total. The highest BCUT2D eigenvalue weighted by molar-refractivity contribution is 7.89. The molecule has 136 valence electrons. The van der Waals surface area contributed by atoms with Crippen LogP contribution < -0.4 is 0 Å². The Labute approximate surface area is 154 Å². The molecular weight excluding hydrogens is 348 g/mol. The summed E-state index contributed by atoms with van der Waals surface area (Å²) in [6.07, 6.45) is 3.29. The van der Waals surface area contributed by atoms with Crippen molar-refractivity contribution in [1.29, 1.82) is 0 Å². The summed E-state index contributed by atoms with van der Waals surface area (Å²) in [5.41, 5.74) is 3.34. The summed E-state index contributed by atoms with van der Waals surface area (Å²) in [5.74, 6) is -0.00328. The Bertz CT molecular complexity index is 917. The van der Waals surface area contributed by atoms with Crippen LogP contribution in [0.4, 0.5) is 0 Å². The lowest BCUT2D eigenvalue weighted by atomic mass is 10.1. The third-order valence-corrected chi connectivity index (χ3v) is 7.17. The Morgan fingerprint density at radius 3 is 2.27 bits per heavy atom. The van der Waals surface area contributed by atoms with Crippen LogP contribution in [0, 0.1) is 0 Å². The van der Waals surface area contributed by atoms with Gasteiger partial charge in [-0.1, -0.05) is 24.3 Å². The summed E-state index contributed by atoms with van der Waals surface area (Å²) in [6, 6.07) is 14.4. The summed E-state index contributed by atoms with van der Waals surface area (Å²) in [5, 5.41) is 0. The molecule has 26 heavy (non-hydrogen) atoms. The van der Waals surface area contributed by atoms with E-state index in [2.05, 4.69) is 6.07 Å². The van der Waals surface area contributed by atoms with Crippen molar-refractivity contribution in [3.05, 3.63) is 65.2 Å². The summed E-state index contributed by atoms with van der Waals surface area (Å²) in [7, 11) is -3.49. The van der Waals surface area contributed by atoms with Gasteiger partial charge in [0.05, 0.1) is 4.90 Å². The SMILES string of the molecule is O=C(c1ccc2c(c1)CCC2)N1CCN(S(=O)(=O)c2ccccc2)CC1. The van der Waals surface area contributed by atoms with Gasteiger partial charge < -0.3 is 4.90 Å². The maximum atomic E-state index is 12.8. The van der Waals surface area contributed by atoms with Crippen LogP contribution in [-0.4, -0.2) is 49.7 Å². The number of carbonyl (C=O) groups is 1. The molecule has 0 radical (unpaired) electrons. The van der Waals surface area contributed by atoms with E-state index >= 15 is 0 Å². The second kappa shape index (κ2) is 6.85. The second-order valence-corrected chi connectivity index (χ2v) is 8.78. The van der Waals surface area contributed by atoms with E-state index in [4.69, 9.17) is 0 Å². The molecule has 0 saturated carbocycles. The summed E-state index contributed by atoms with van der Waals surface area (Å²) >= 11 is 0. The number of nitrogens with zero attached hydrogens (tertiary/aromatic N) is 2. The van der Waals surface area contributed by atoms with Crippen molar-refractivity contribution < 1.29 is 13.2 Å². The predicted molar refractivity (Wildman–Crippen MR) is 99.6 cm³/mol. The first-order valence-corrected chi connectivity index (χ1v) is 10.5. The van der Waals surface area contributed by atoms with Crippen molar-refractivity contribution in [3.63, 3.8) is 0 Å². The van der Waals surface area contributed by atoms with Crippen molar-refractivity contribution in [2.75, 3.05) is 26.2 Å². The molecule has 0 unspecified atom stereocenters. The molecule has 6 heteroatoms. The highest BCUT2D eigenvalue weighted by Crippen LogP contribution is 2.24. The van der Waals surface area contributed by atoms with Gasteiger partial charge in [-0.25, -0.2) is 8.42 Å². The molecule has 0 aromatic heterocycles. The molecule has 2 aromatic carbocycles. The summed E-state index contributed by atoms with van der Waals surface area (Å²) in [6.45, 7) is 1.49. The highest BCUT2D eigenvalue weighted by Gasteiger charge is 2.30. The zero-order chi connectivity index (χ0) is 18.1. The molecule has 1 fully saturated rings. The molecule has 0 bridgehead atoms. The zero-order valence-electron chi connectivity index (χ0n) is 14.6. The van der Waals surface area contributed by atoms with Gasteiger partial charge in [0.25, 0.3) is 5.91 Å². The highest BCUT2D eigenvalue weighted by atomic mass is 32.2. The number of carbonyl (C=O) groups excluding carboxylic acids is 1. The number of fused-ring (bicyclic) bond motifs is 1. The van der Waals surface area contributed by atoms with Gasteiger partial charge in [-0.05, 0) is 54.7 Å². The minimum atomic E-state index is -3.49. The standard InChI is InChI=1S/C20H22N2O3S/c23-20(18-10-9-16-5-4-6-17(16)15-18)21-11-13-22(14-12-21)26(24,25)19-7-2-1-3-8-19/h1-3,7-10,15H,4-6,11-14H2. The average molecular weight is 370 g/mol. The smallest absolute Gasteiger partial charge is 0.253 e. The molecule has 1 aliphatic carbocycles. The minimum Gasteiger partial charge on any atom is -0.336 e. The number of amides is 1. The molecule has 1 heterocycles. The first-order chi connectivity index (χ1) is 12.6. The lowest BCUT2D eigenvalue weighted by Gasteiger charge is -2.34. The minimum absolute atomic E-state index is 0.00328. The van der Waals surface area contributed by atoms with Crippen LogP contribution in [0.25, 0.3) is 0 Å². The van der Waals surface area contributed by atoms with E-state index < -0.39 is 10.0 Å². The summed E-state index contributed by atoms with van der Waals surface area (Å²) < 4.78 is 26.8. The van der Waals surface area contributed by atoms with E-state index in [0.717, 1.165) is 19.3 Å². The molecular formula is C20H22N2O3S. The first-order valence-electron chi connectivity index (χ1n) is 9.02. The van der Waals surface area contributed by atoms with Crippen LogP contribution in [0.15, 0.2) is 53.4 Å². The van der Waals surface area contributed by atoms with Crippen molar-refractivity contribution in [2.24, 2.45) is 0 Å². The van der Waals surface area contributed by atoms with E-state index in [1.165, 1.54) is 15.4 Å². The van der Waals surface area contributed by atoms with Crippen LogP contribution in [-0.2, 0) is 22.9 Å². The fourth-order valence-electron chi connectivity index (χ4n) is 3.76. The molecule has 0 spiro atoms. The van der Waals surface area contributed by atoms with Crippen molar-refractivity contribution in [1.82, 2.24) is 9.21 Å². The number of sulfonamides is 1. The van der Waals surface area contributed by atoms with E-state index in [-0.39, 0.29) is 5.91 Å². The summed E-state index contributed by atoms with van der Waals surface area (Å²) in [4.78, 5) is 14.8. The Morgan fingerprint density at radius 2 is 1.54 bits per heavy atom. The number of piperazine rings is 1. The lowest BCUT2D eigenvalue weighted by Crippen LogP contribution is -2.50. The second-order valence-electron chi connectivity index (χ2n) is 6.85. The molecule has 1 saturated heterocycles. The first kappa shape index (κ1) is 17.2. The van der Waals surface area contributed by atoms with Gasteiger partial charge in [-0.3, -0.25) is 4.79 Å². The van der Waals surface area contributed by atoms with Crippen LogP contribution >= 0.6 is 0 Å². The van der Waals surface area contributed by atoms with Crippen molar-refractivity contribution >= 4 is 15.9 Å². The number of hydrogen-bond donors (Lipinski definition) is 0. The van der Waals surface area contributed by atoms with E-state index in [9.17, 15) is 13.2 Å². The number of hydrogen-bond acceptors (Lipinski definition) is 3. The Kier molecular flexibility index (Phi) is 4.54. The van der Waals surface area contributed by atoms with Gasteiger partial charge in [0.15, 0.2) is 0 Å². The van der Waals surface area contributed by atoms with Gasteiger partial charge in [-0.2, -0.15) is 4.31 Å². The molecule has 1 aliphatic heterocycles. The third-order valence-electron chi connectivity index (χ3n) is 5.25. The third kappa shape index (κ3) is 3.15. The fourth-order valence-corrected chi connectivity index (χ4v) is 5.20. The predicted octanol–water partition coefficient (Wildman–Crippen LogP) is 2.32. The molecule has 1 amide bonds. The number of benzene rings is 2. The monoisotopic (exact) mass is 370 g/mol. The van der Waals surface area contributed by atoms with Gasteiger partial charge in [0.2, 0.25) is 10.0 Å². The average Bonchev–Trinajstić information content (AvgIpc) is 3.16. The van der Waals surface area contributed by atoms with E-state index in [0.29, 0.717) is 36.6 Å². The lowest BCUT2D eigenvalue weighted by molar-refractivity contribution is 0.0698. The van der Waals surface area contributed by atoms with Gasteiger partial charge >= 0.3 is 0 Å². The van der Waals surface area contributed by atoms with Gasteiger partial charge in [-0.15, -0.1) is 0 Å². The molecule has 4 rings (SSSR count). The van der Waals surface area contributed by atoms with E-state index in [1.807, 2.05) is 12.1 Å². The topological polar surface area (TPSA) is 57.7 Å². The van der Waals surface area contributed by atoms with Crippen LogP contribution in [0.3, 0.4) is 0 Å². The van der Waals surface area contributed by atoms with Gasteiger partial charge in [0, 0.05) is 31.7 Å². The van der Waals surface area contributed by atoms with Crippen LogP contribution in [0.5, 0.6) is 0 Å². The van der Waals surface area contributed by atoms with Gasteiger partial charge in [0.1, 0.15) is 0 Å². The maximum absolute atomic E-state index is 12.8. The Balaban J connectivity index is 1.44. The van der Waals surface area contributed by atoms with E-state index in [1.54, 1.807) is 35.2 Å². The molecule has 5 nitrogen and oxygen atoms in total. The fraction of sp³-hybridized carbons (Fsp3) is 0.350. The van der Waals surface area contributed by atoms with Crippen LogP contribution in [0.1, 0.15) is 27.9 Å². The zero-order valence-corrected chi connectivity index (χ0v) is 15.4. The van der Waals surface area contributed by atoms with Crippen LogP contribution in [0.2, 0.25) is 0 Å². The maximum Gasteiger partial charge on any atom is 0.253 e. The molecule has 0 atom stereocenters. The van der Waals surface area contributed by atoms with Crippen molar-refractivity contribution in [3.8, 4) is 0 Å². The number of aryl methyl sites for hydroxylation is 2. The quantitative estimate of drug-likeness (QED) is 0.833. The molecule has 2 aromatic rings. The Morgan fingerprint density at radius 1 is 0.846 bits per heavy atom. The Hall–Kier alpha value is -2.18. The largest absolute Gasteiger partial charge is 0.336 e. The van der Waals surface area contributed by atoms with Crippen molar-refractivity contribution in [2.45, 2.75) is 24.2 Å². The molecule has 2 aliphatic rings.